The Morgan fingerprint density at radius 2 is 1.79 bits per heavy atom. The number of anilines is 3. The molecule has 0 aliphatic carbocycles. The van der Waals surface area contributed by atoms with E-state index in [2.05, 4.69) is 10.2 Å². The molecular weight excluding hydrogens is 374 g/mol. The number of carbonyl (C=O) groups excluding carboxylic acids is 2. The first-order valence-corrected chi connectivity index (χ1v) is 10.0. The van der Waals surface area contributed by atoms with Crippen LogP contribution in [0.5, 0.6) is 0 Å². The zero-order chi connectivity index (χ0) is 20.1. The van der Waals surface area contributed by atoms with Gasteiger partial charge in [-0.3, -0.25) is 9.59 Å². The molecule has 0 saturated carbocycles. The average Bonchev–Trinajstić information content (AvgIpc) is 3.20. The van der Waals surface area contributed by atoms with Crippen LogP contribution in [-0.4, -0.2) is 31.4 Å². The molecule has 2 amide bonds. The van der Waals surface area contributed by atoms with Gasteiger partial charge in [-0.05, 0) is 61.7 Å². The molecule has 1 heterocycles. The molecule has 0 atom stereocenters. The van der Waals surface area contributed by atoms with Crippen LogP contribution >= 0.6 is 11.6 Å². The van der Waals surface area contributed by atoms with Gasteiger partial charge in [0, 0.05) is 55.1 Å². The van der Waals surface area contributed by atoms with Gasteiger partial charge in [-0.25, -0.2) is 0 Å². The van der Waals surface area contributed by atoms with Crippen molar-refractivity contribution in [1.29, 1.82) is 0 Å². The summed E-state index contributed by atoms with van der Waals surface area (Å²) in [6, 6.07) is 13.4. The zero-order valence-electron chi connectivity index (χ0n) is 16.4. The fraction of sp³-hybridized carbons (Fsp3) is 0.364. The van der Waals surface area contributed by atoms with E-state index in [0.29, 0.717) is 11.6 Å². The molecule has 148 valence electrons. The van der Waals surface area contributed by atoms with Gasteiger partial charge in [0.05, 0.1) is 0 Å². The van der Waals surface area contributed by atoms with Crippen molar-refractivity contribution in [3.05, 3.63) is 53.1 Å². The number of halogens is 1. The first-order valence-electron chi connectivity index (χ1n) is 9.64. The molecule has 2 aromatic carbocycles. The summed E-state index contributed by atoms with van der Waals surface area (Å²) in [7, 11) is 0. The Hall–Kier alpha value is -2.53. The summed E-state index contributed by atoms with van der Waals surface area (Å²) >= 11 is 6.17. The van der Waals surface area contributed by atoms with Crippen LogP contribution < -0.4 is 15.1 Å². The zero-order valence-corrected chi connectivity index (χ0v) is 17.1. The fourth-order valence-corrected chi connectivity index (χ4v) is 3.67. The summed E-state index contributed by atoms with van der Waals surface area (Å²) in [6.07, 6.45) is 2.67. The molecule has 6 heteroatoms. The minimum atomic E-state index is -0.125. The van der Waals surface area contributed by atoms with Gasteiger partial charge < -0.3 is 15.1 Å². The Morgan fingerprint density at radius 3 is 2.43 bits per heavy atom. The number of amides is 2. The maximum absolute atomic E-state index is 12.4. The average molecular weight is 400 g/mol. The van der Waals surface area contributed by atoms with Crippen LogP contribution in [0, 0.1) is 6.92 Å². The minimum Gasteiger partial charge on any atom is -0.372 e. The predicted molar refractivity (Wildman–Crippen MR) is 115 cm³/mol. The third kappa shape index (κ3) is 4.84. The van der Waals surface area contributed by atoms with Gasteiger partial charge in [0.25, 0.3) is 0 Å². The highest BCUT2D eigenvalue weighted by Gasteiger charge is 2.17. The lowest BCUT2D eigenvalue weighted by Crippen LogP contribution is -2.32. The second-order valence-electron chi connectivity index (χ2n) is 7.09. The highest BCUT2D eigenvalue weighted by molar-refractivity contribution is 6.31. The summed E-state index contributed by atoms with van der Waals surface area (Å²) in [5.41, 5.74) is 3.52. The largest absolute Gasteiger partial charge is 0.372 e. The topological polar surface area (TPSA) is 52.7 Å². The van der Waals surface area contributed by atoms with Crippen LogP contribution in [0.3, 0.4) is 0 Å². The number of hydrogen-bond donors (Lipinski definition) is 1. The van der Waals surface area contributed by atoms with E-state index in [4.69, 9.17) is 11.6 Å². The van der Waals surface area contributed by atoms with E-state index in [1.54, 1.807) is 11.0 Å². The van der Waals surface area contributed by atoms with Crippen LogP contribution in [0.25, 0.3) is 0 Å². The van der Waals surface area contributed by atoms with Crippen molar-refractivity contribution in [3.63, 3.8) is 0 Å². The number of carbonyl (C=O) groups is 2. The summed E-state index contributed by atoms with van der Waals surface area (Å²) < 4.78 is 0. The summed E-state index contributed by atoms with van der Waals surface area (Å²) in [5, 5.41) is 3.51. The Bertz CT molecular complexity index is 845. The molecule has 2 aromatic rings. The molecule has 1 saturated heterocycles. The Morgan fingerprint density at radius 1 is 1.11 bits per heavy atom. The van der Waals surface area contributed by atoms with Gasteiger partial charge >= 0.3 is 0 Å². The minimum absolute atomic E-state index is 0.117. The summed E-state index contributed by atoms with van der Waals surface area (Å²) in [5.74, 6) is -0.243. The number of benzene rings is 2. The molecule has 0 bridgehead atoms. The maximum atomic E-state index is 12.4. The van der Waals surface area contributed by atoms with E-state index in [1.165, 1.54) is 25.5 Å². The first-order chi connectivity index (χ1) is 13.5. The lowest BCUT2D eigenvalue weighted by Gasteiger charge is -2.23. The third-order valence-electron chi connectivity index (χ3n) is 5.09. The van der Waals surface area contributed by atoms with E-state index >= 15 is 0 Å². The molecule has 5 nitrogen and oxygen atoms in total. The monoisotopic (exact) mass is 399 g/mol. The van der Waals surface area contributed by atoms with E-state index < -0.39 is 0 Å². The van der Waals surface area contributed by atoms with Gasteiger partial charge in [0.2, 0.25) is 11.8 Å². The molecule has 0 radical (unpaired) electrons. The molecule has 1 N–H and O–H groups in total. The Kier molecular flexibility index (Phi) is 6.57. The normalized spacial score (nSPS) is 13.5. The van der Waals surface area contributed by atoms with Crippen LogP contribution in [0.1, 0.15) is 31.7 Å². The lowest BCUT2D eigenvalue weighted by molar-refractivity contribution is -0.117. The van der Waals surface area contributed by atoms with Gasteiger partial charge in [-0.15, -0.1) is 0 Å². The van der Waals surface area contributed by atoms with Crippen molar-refractivity contribution in [1.82, 2.24) is 0 Å². The molecular formula is C22H26ClN3O2. The van der Waals surface area contributed by atoms with Crippen LogP contribution in [0.15, 0.2) is 42.5 Å². The molecule has 1 aliphatic rings. The maximum Gasteiger partial charge on any atom is 0.226 e. The lowest BCUT2D eigenvalue weighted by atomic mass is 10.1. The molecule has 0 unspecified atom stereocenters. The predicted octanol–water partition coefficient (Wildman–Crippen LogP) is 4.63. The van der Waals surface area contributed by atoms with Gasteiger partial charge in [-0.2, -0.15) is 0 Å². The van der Waals surface area contributed by atoms with Crippen LogP contribution in [0.2, 0.25) is 5.02 Å². The second kappa shape index (κ2) is 9.11. The Balaban J connectivity index is 1.59. The van der Waals surface area contributed by atoms with Crippen molar-refractivity contribution in [2.24, 2.45) is 0 Å². The summed E-state index contributed by atoms with van der Waals surface area (Å²) in [4.78, 5) is 28.4. The van der Waals surface area contributed by atoms with E-state index in [9.17, 15) is 9.59 Å². The van der Waals surface area contributed by atoms with E-state index in [0.717, 1.165) is 30.0 Å². The van der Waals surface area contributed by atoms with Gasteiger partial charge in [0.1, 0.15) is 0 Å². The van der Waals surface area contributed by atoms with Crippen molar-refractivity contribution >= 4 is 40.5 Å². The number of rotatable bonds is 6. The van der Waals surface area contributed by atoms with Crippen LogP contribution in [-0.2, 0) is 9.59 Å². The molecule has 0 aromatic heterocycles. The molecule has 28 heavy (non-hydrogen) atoms. The smallest absolute Gasteiger partial charge is 0.226 e. The highest BCUT2D eigenvalue weighted by Crippen LogP contribution is 2.27. The van der Waals surface area contributed by atoms with Crippen molar-refractivity contribution < 1.29 is 9.59 Å². The SMILES string of the molecule is CC(=O)N(CCC(=O)Nc1ccc(N2CCCC2)cc1)c1cccc(Cl)c1C. The standard InChI is InChI=1S/C22H26ClN3O2/c1-16-20(23)6-5-7-21(16)26(17(2)27)15-12-22(28)24-18-8-10-19(11-9-18)25-13-3-4-14-25/h5-11H,3-4,12-15H2,1-2H3,(H,24,28). The number of nitrogens with zero attached hydrogens (tertiary/aromatic N) is 2. The van der Waals surface area contributed by atoms with Gasteiger partial charge in [0.15, 0.2) is 0 Å². The Labute approximate surface area is 171 Å². The van der Waals surface area contributed by atoms with Crippen molar-refractivity contribution in [3.8, 4) is 0 Å². The van der Waals surface area contributed by atoms with Gasteiger partial charge in [-0.1, -0.05) is 17.7 Å². The molecule has 0 spiro atoms. The number of hydrogen-bond acceptors (Lipinski definition) is 3. The van der Waals surface area contributed by atoms with Crippen LogP contribution in [0.4, 0.5) is 17.1 Å². The van der Waals surface area contributed by atoms with Crippen molar-refractivity contribution in [2.45, 2.75) is 33.1 Å². The highest BCUT2D eigenvalue weighted by atomic mass is 35.5. The molecule has 1 aliphatic heterocycles. The molecule has 3 rings (SSSR count). The third-order valence-corrected chi connectivity index (χ3v) is 5.50. The number of nitrogens with one attached hydrogen (secondary N) is 1. The van der Waals surface area contributed by atoms with E-state index in [1.807, 2.05) is 43.3 Å². The first kappa shape index (κ1) is 20.2. The summed E-state index contributed by atoms with van der Waals surface area (Å²) in [6.45, 7) is 5.85. The molecule has 1 fully saturated rings. The fourth-order valence-electron chi connectivity index (χ4n) is 3.50. The quantitative estimate of drug-likeness (QED) is 0.770. The van der Waals surface area contributed by atoms with Crippen molar-refractivity contribution in [2.75, 3.05) is 34.8 Å². The second-order valence-corrected chi connectivity index (χ2v) is 7.50. The van der Waals surface area contributed by atoms with E-state index in [-0.39, 0.29) is 18.2 Å².